The first-order valence-electron chi connectivity index (χ1n) is 9.21. The van der Waals surface area contributed by atoms with Gasteiger partial charge in [-0.05, 0) is 36.8 Å². The maximum Gasteiger partial charge on any atom is 0.109 e. The van der Waals surface area contributed by atoms with E-state index in [-0.39, 0.29) is 0 Å². The standard InChI is InChI=1S/C22H19Cl3N4/c1-11(2)22-26-10-17(27-22)21-12(3)20(28-29-21)15-8-9-16(24)18(19(15)25)13-4-6-14(23)7-5-13/h4-11H,1-3H3,(H,26,27)(H,28,29). The van der Waals surface area contributed by atoms with Gasteiger partial charge in [-0.2, -0.15) is 5.10 Å². The Morgan fingerprint density at radius 3 is 2.34 bits per heavy atom. The van der Waals surface area contributed by atoms with Crippen molar-refractivity contribution >= 4 is 34.8 Å². The molecule has 0 aliphatic heterocycles. The van der Waals surface area contributed by atoms with E-state index in [4.69, 9.17) is 34.8 Å². The minimum atomic E-state index is 0.319. The Morgan fingerprint density at radius 1 is 0.966 bits per heavy atom. The first-order chi connectivity index (χ1) is 13.9. The summed E-state index contributed by atoms with van der Waals surface area (Å²) in [6.07, 6.45) is 1.82. The van der Waals surface area contributed by atoms with Gasteiger partial charge in [-0.15, -0.1) is 0 Å². The van der Waals surface area contributed by atoms with Crippen molar-refractivity contribution in [3.05, 3.63) is 69.1 Å². The molecular weight excluding hydrogens is 427 g/mol. The molecule has 148 valence electrons. The maximum absolute atomic E-state index is 6.80. The maximum atomic E-state index is 6.80. The van der Waals surface area contributed by atoms with Crippen LogP contribution in [0.3, 0.4) is 0 Å². The molecule has 0 radical (unpaired) electrons. The van der Waals surface area contributed by atoms with Crippen molar-refractivity contribution < 1.29 is 0 Å². The normalized spacial score (nSPS) is 11.4. The number of hydrogen-bond donors (Lipinski definition) is 2. The molecule has 0 bridgehead atoms. The van der Waals surface area contributed by atoms with Gasteiger partial charge in [0.2, 0.25) is 0 Å². The van der Waals surface area contributed by atoms with Crippen molar-refractivity contribution in [3.8, 4) is 33.8 Å². The smallest absolute Gasteiger partial charge is 0.109 e. The molecule has 2 heterocycles. The number of hydrogen-bond acceptors (Lipinski definition) is 2. The van der Waals surface area contributed by atoms with Crippen molar-refractivity contribution in [2.45, 2.75) is 26.7 Å². The summed E-state index contributed by atoms with van der Waals surface area (Å²) in [6, 6.07) is 11.2. The van der Waals surface area contributed by atoms with Crippen molar-refractivity contribution in [3.63, 3.8) is 0 Å². The van der Waals surface area contributed by atoms with E-state index in [1.807, 2.05) is 49.5 Å². The van der Waals surface area contributed by atoms with Gasteiger partial charge in [-0.1, -0.05) is 60.8 Å². The zero-order valence-corrected chi connectivity index (χ0v) is 18.4. The van der Waals surface area contributed by atoms with Gasteiger partial charge < -0.3 is 4.98 Å². The number of aromatic amines is 2. The number of rotatable bonds is 4. The summed E-state index contributed by atoms with van der Waals surface area (Å²) < 4.78 is 0. The number of benzene rings is 2. The SMILES string of the molecule is Cc1c(-c2ccc(Cl)c(-c3ccc(Cl)cc3)c2Cl)n[nH]c1-c1cnc(C(C)C)[nH]1. The lowest BCUT2D eigenvalue weighted by Crippen LogP contribution is -1.90. The van der Waals surface area contributed by atoms with E-state index in [2.05, 4.69) is 34.0 Å². The Labute approximate surface area is 184 Å². The van der Waals surface area contributed by atoms with Gasteiger partial charge in [-0.3, -0.25) is 5.10 Å². The lowest BCUT2D eigenvalue weighted by atomic mass is 9.99. The minimum Gasteiger partial charge on any atom is -0.341 e. The third-order valence-corrected chi connectivity index (χ3v) is 5.86. The highest BCUT2D eigenvalue weighted by Crippen LogP contribution is 2.42. The van der Waals surface area contributed by atoms with Gasteiger partial charge in [-0.25, -0.2) is 4.98 Å². The summed E-state index contributed by atoms with van der Waals surface area (Å²) >= 11 is 19.3. The summed E-state index contributed by atoms with van der Waals surface area (Å²) in [5.41, 5.74) is 6.01. The Morgan fingerprint density at radius 2 is 1.69 bits per heavy atom. The Bertz CT molecular complexity index is 1170. The fourth-order valence-electron chi connectivity index (χ4n) is 3.30. The van der Waals surface area contributed by atoms with E-state index >= 15 is 0 Å². The third kappa shape index (κ3) is 3.68. The Balaban J connectivity index is 1.81. The largest absolute Gasteiger partial charge is 0.341 e. The van der Waals surface area contributed by atoms with Crippen molar-refractivity contribution in [1.29, 1.82) is 0 Å². The van der Waals surface area contributed by atoms with Gasteiger partial charge in [0.1, 0.15) is 5.82 Å². The second-order valence-corrected chi connectivity index (χ2v) is 8.42. The molecule has 7 heteroatoms. The van der Waals surface area contributed by atoms with Gasteiger partial charge in [0.25, 0.3) is 0 Å². The molecule has 0 fully saturated rings. The van der Waals surface area contributed by atoms with Gasteiger partial charge in [0.15, 0.2) is 0 Å². The van der Waals surface area contributed by atoms with Crippen LogP contribution in [0.25, 0.3) is 33.8 Å². The van der Waals surface area contributed by atoms with Crippen LogP contribution in [-0.4, -0.2) is 20.2 Å². The Kier molecular flexibility index (Phi) is 5.43. The number of nitrogens with zero attached hydrogens (tertiary/aromatic N) is 2. The molecule has 0 spiro atoms. The fraction of sp³-hybridized carbons (Fsp3) is 0.182. The first-order valence-corrected chi connectivity index (χ1v) is 10.3. The zero-order valence-electron chi connectivity index (χ0n) is 16.1. The van der Waals surface area contributed by atoms with E-state index in [0.717, 1.165) is 45.2 Å². The van der Waals surface area contributed by atoms with Crippen LogP contribution in [0.2, 0.25) is 15.1 Å². The van der Waals surface area contributed by atoms with Crippen LogP contribution in [0.4, 0.5) is 0 Å². The molecule has 4 nitrogen and oxygen atoms in total. The van der Waals surface area contributed by atoms with Crippen LogP contribution in [0.15, 0.2) is 42.6 Å². The van der Waals surface area contributed by atoms with Crippen LogP contribution in [-0.2, 0) is 0 Å². The predicted molar refractivity (Wildman–Crippen MR) is 121 cm³/mol. The molecular formula is C22H19Cl3N4. The molecule has 2 N–H and O–H groups in total. The van der Waals surface area contributed by atoms with Crippen molar-refractivity contribution in [1.82, 2.24) is 20.2 Å². The molecule has 0 aliphatic carbocycles. The van der Waals surface area contributed by atoms with Crippen LogP contribution >= 0.6 is 34.8 Å². The van der Waals surface area contributed by atoms with Crippen LogP contribution in [0, 0.1) is 6.92 Å². The highest BCUT2D eigenvalue weighted by Gasteiger charge is 2.20. The zero-order chi connectivity index (χ0) is 20.7. The molecule has 0 aliphatic rings. The van der Waals surface area contributed by atoms with Crippen molar-refractivity contribution in [2.75, 3.05) is 0 Å². The number of aromatic nitrogens is 4. The van der Waals surface area contributed by atoms with E-state index in [1.165, 1.54) is 0 Å². The Hall–Kier alpha value is -2.27. The fourth-order valence-corrected chi connectivity index (χ4v) is 4.10. The molecule has 4 aromatic rings. The lowest BCUT2D eigenvalue weighted by molar-refractivity contribution is 0.794. The van der Waals surface area contributed by atoms with Crippen LogP contribution in [0.5, 0.6) is 0 Å². The van der Waals surface area contributed by atoms with Gasteiger partial charge in [0, 0.05) is 32.7 Å². The number of imidazole rings is 1. The van der Waals surface area contributed by atoms with E-state index in [1.54, 1.807) is 0 Å². The molecule has 4 rings (SSSR count). The van der Waals surface area contributed by atoms with Crippen molar-refractivity contribution in [2.24, 2.45) is 0 Å². The summed E-state index contributed by atoms with van der Waals surface area (Å²) in [5.74, 6) is 1.25. The summed E-state index contributed by atoms with van der Waals surface area (Å²) in [4.78, 5) is 7.80. The molecule has 0 amide bonds. The highest BCUT2D eigenvalue weighted by molar-refractivity contribution is 6.41. The average Bonchev–Trinajstić information content (AvgIpc) is 3.31. The molecule has 0 saturated carbocycles. The third-order valence-electron chi connectivity index (χ3n) is 4.90. The molecule has 0 atom stereocenters. The summed E-state index contributed by atoms with van der Waals surface area (Å²) in [5, 5.41) is 9.43. The molecule has 2 aromatic carbocycles. The second-order valence-electron chi connectivity index (χ2n) is 7.20. The quantitative estimate of drug-likeness (QED) is 0.341. The lowest BCUT2D eigenvalue weighted by Gasteiger charge is -2.12. The second kappa shape index (κ2) is 7.86. The highest BCUT2D eigenvalue weighted by atomic mass is 35.5. The first kappa shape index (κ1) is 20.0. The molecule has 2 aromatic heterocycles. The minimum absolute atomic E-state index is 0.319. The predicted octanol–water partition coefficient (Wildman–Crippen LogP) is 7.53. The molecule has 0 unspecified atom stereocenters. The summed E-state index contributed by atoms with van der Waals surface area (Å²) in [6.45, 7) is 6.20. The number of halogens is 3. The van der Waals surface area contributed by atoms with Gasteiger partial charge in [0.05, 0.1) is 28.3 Å². The molecule has 0 saturated heterocycles. The monoisotopic (exact) mass is 444 g/mol. The summed E-state index contributed by atoms with van der Waals surface area (Å²) in [7, 11) is 0. The van der Waals surface area contributed by atoms with E-state index in [0.29, 0.717) is 21.0 Å². The number of H-pyrrole nitrogens is 2. The topological polar surface area (TPSA) is 57.4 Å². The number of nitrogens with one attached hydrogen (secondary N) is 2. The van der Waals surface area contributed by atoms with Crippen LogP contribution < -0.4 is 0 Å². The average molecular weight is 446 g/mol. The van der Waals surface area contributed by atoms with E-state index in [9.17, 15) is 0 Å². The van der Waals surface area contributed by atoms with Crippen LogP contribution in [0.1, 0.15) is 31.2 Å². The van der Waals surface area contributed by atoms with E-state index < -0.39 is 0 Å². The molecule has 29 heavy (non-hydrogen) atoms. The van der Waals surface area contributed by atoms with Gasteiger partial charge >= 0.3 is 0 Å².